The molecular weight excluding hydrogens is 434 g/mol. The number of hydrogen-bond acceptors (Lipinski definition) is 5. The van der Waals surface area contributed by atoms with Gasteiger partial charge in [0.2, 0.25) is 5.91 Å². The van der Waals surface area contributed by atoms with Gasteiger partial charge in [-0.05, 0) is 47.5 Å². The van der Waals surface area contributed by atoms with Crippen LogP contribution >= 0.6 is 11.8 Å². The first-order valence-electron chi connectivity index (χ1n) is 10.4. The molecular formula is C26H23N3O3S. The first kappa shape index (κ1) is 22.4. The molecule has 0 radical (unpaired) electrons. The zero-order valence-electron chi connectivity index (χ0n) is 18.1. The number of carbonyl (C=O) groups is 2. The number of hydrazine groups is 1. The van der Waals surface area contributed by atoms with Gasteiger partial charge in [0.15, 0.2) is 0 Å². The molecule has 0 aliphatic carbocycles. The SMILES string of the molecule is COc1ccc(C(=O)NNC(=O)CSc2nc3ccccc3cc2Cc2ccccc2)cc1. The summed E-state index contributed by atoms with van der Waals surface area (Å²) in [6, 6.07) is 26.8. The number of thioether (sulfide) groups is 1. The van der Waals surface area contributed by atoms with Crippen LogP contribution in [0.15, 0.2) is 90.0 Å². The van der Waals surface area contributed by atoms with Crippen molar-refractivity contribution in [1.82, 2.24) is 15.8 Å². The van der Waals surface area contributed by atoms with Crippen molar-refractivity contribution in [2.75, 3.05) is 12.9 Å². The Kier molecular flexibility index (Phi) is 7.22. The normalized spacial score (nSPS) is 10.6. The molecule has 0 atom stereocenters. The van der Waals surface area contributed by atoms with Crippen LogP contribution in [0, 0.1) is 0 Å². The number of nitrogens with one attached hydrogen (secondary N) is 2. The number of para-hydroxylation sites is 1. The maximum absolute atomic E-state index is 12.4. The second-order valence-corrected chi connectivity index (χ2v) is 8.29. The Morgan fingerprint density at radius 1 is 0.909 bits per heavy atom. The summed E-state index contributed by atoms with van der Waals surface area (Å²) in [6.45, 7) is 0. The Morgan fingerprint density at radius 2 is 1.64 bits per heavy atom. The van der Waals surface area contributed by atoms with Gasteiger partial charge in [0.25, 0.3) is 5.91 Å². The van der Waals surface area contributed by atoms with E-state index in [1.54, 1.807) is 31.4 Å². The van der Waals surface area contributed by atoms with Gasteiger partial charge in [-0.25, -0.2) is 4.98 Å². The molecule has 3 aromatic carbocycles. The van der Waals surface area contributed by atoms with E-state index in [2.05, 4.69) is 29.1 Å². The molecule has 2 N–H and O–H groups in total. The molecule has 2 amide bonds. The van der Waals surface area contributed by atoms with Crippen LogP contribution in [-0.4, -0.2) is 29.7 Å². The Balaban J connectivity index is 1.41. The van der Waals surface area contributed by atoms with Gasteiger partial charge >= 0.3 is 0 Å². The van der Waals surface area contributed by atoms with Crippen molar-refractivity contribution in [3.8, 4) is 5.75 Å². The Morgan fingerprint density at radius 3 is 2.39 bits per heavy atom. The van der Waals surface area contributed by atoms with E-state index in [0.29, 0.717) is 11.3 Å². The minimum atomic E-state index is -0.399. The number of pyridine rings is 1. The van der Waals surface area contributed by atoms with E-state index in [-0.39, 0.29) is 11.7 Å². The first-order valence-corrected chi connectivity index (χ1v) is 11.4. The summed E-state index contributed by atoms with van der Waals surface area (Å²) in [6.07, 6.45) is 0.719. The second-order valence-electron chi connectivity index (χ2n) is 7.33. The maximum atomic E-state index is 12.4. The molecule has 0 aliphatic heterocycles. The zero-order chi connectivity index (χ0) is 23.0. The third kappa shape index (κ3) is 5.90. The first-order chi connectivity index (χ1) is 16.1. The maximum Gasteiger partial charge on any atom is 0.269 e. The Hall–Kier alpha value is -3.84. The molecule has 0 saturated carbocycles. The monoisotopic (exact) mass is 457 g/mol. The van der Waals surface area contributed by atoms with Crippen molar-refractivity contribution in [3.63, 3.8) is 0 Å². The topological polar surface area (TPSA) is 80.3 Å². The van der Waals surface area contributed by atoms with Crippen LogP contribution in [0.25, 0.3) is 10.9 Å². The lowest BCUT2D eigenvalue weighted by Crippen LogP contribution is -2.42. The largest absolute Gasteiger partial charge is 0.497 e. The fourth-order valence-corrected chi connectivity index (χ4v) is 4.14. The summed E-state index contributed by atoms with van der Waals surface area (Å²) in [5.41, 5.74) is 8.44. The summed E-state index contributed by atoms with van der Waals surface area (Å²) in [5, 5.41) is 1.86. The molecule has 7 heteroatoms. The lowest BCUT2D eigenvalue weighted by atomic mass is 10.0. The predicted molar refractivity (Wildman–Crippen MR) is 130 cm³/mol. The molecule has 1 heterocycles. The summed E-state index contributed by atoms with van der Waals surface area (Å²) in [4.78, 5) is 29.4. The minimum absolute atomic E-state index is 0.121. The molecule has 0 bridgehead atoms. The molecule has 33 heavy (non-hydrogen) atoms. The Labute approximate surface area is 196 Å². The van der Waals surface area contributed by atoms with Crippen LogP contribution in [-0.2, 0) is 11.2 Å². The lowest BCUT2D eigenvalue weighted by Gasteiger charge is -2.11. The summed E-state index contributed by atoms with van der Waals surface area (Å²) < 4.78 is 5.08. The fraction of sp³-hybridized carbons (Fsp3) is 0.115. The molecule has 0 aliphatic rings. The van der Waals surface area contributed by atoms with Gasteiger partial charge in [-0.2, -0.15) is 0 Å². The molecule has 4 aromatic rings. The van der Waals surface area contributed by atoms with Crippen molar-refractivity contribution in [1.29, 1.82) is 0 Å². The van der Waals surface area contributed by atoms with Gasteiger partial charge in [-0.3, -0.25) is 20.4 Å². The van der Waals surface area contributed by atoms with E-state index in [9.17, 15) is 9.59 Å². The van der Waals surface area contributed by atoms with Gasteiger partial charge in [-0.15, -0.1) is 0 Å². The standard InChI is InChI=1S/C26H23N3O3S/c1-32-22-13-11-19(12-14-22)25(31)29-28-24(30)17-33-26-21(15-18-7-3-2-4-8-18)16-20-9-5-6-10-23(20)27-26/h2-14,16H,15,17H2,1H3,(H,28,30)(H,29,31). The van der Waals surface area contributed by atoms with Crippen molar-refractivity contribution in [3.05, 3.63) is 102 Å². The van der Waals surface area contributed by atoms with E-state index < -0.39 is 5.91 Å². The van der Waals surface area contributed by atoms with Gasteiger partial charge in [0, 0.05) is 17.4 Å². The number of fused-ring (bicyclic) bond motifs is 1. The highest BCUT2D eigenvalue weighted by molar-refractivity contribution is 7.99. The van der Waals surface area contributed by atoms with Gasteiger partial charge in [0.05, 0.1) is 18.4 Å². The highest BCUT2D eigenvalue weighted by Crippen LogP contribution is 2.27. The molecule has 4 rings (SSSR count). The summed E-state index contributed by atoms with van der Waals surface area (Å²) >= 11 is 1.35. The minimum Gasteiger partial charge on any atom is -0.497 e. The van der Waals surface area contributed by atoms with Crippen LogP contribution in [0.1, 0.15) is 21.5 Å². The number of nitrogens with zero attached hydrogens (tertiary/aromatic N) is 1. The Bertz CT molecular complexity index is 1260. The average Bonchev–Trinajstić information content (AvgIpc) is 2.86. The van der Waals surface area contributed by atoms with E-state index in [1.807, 2.05) is 42.5 Å². The third-order valence-electron chi connectivity index (χ3n) is 5.01. The number of ether oxygens (including phenoxy) is 1. The van der Waals surface area contributed by atoms with Crippen LogP contribution in [0.4, 0.5) is 0 Å². The van der Waals surface area contributed by atoms with Crippen molar-refractivity contribution < 1.29 is 14.3 Å². The molecule has 166 valence electrons. The smallest absolute Gasteiger partial charge is 0.269 e. The van der Waals surface area contributed by atoms with E-state index in [1.165, 1.54) is 17.3 Å². The van der Waals surface area contributed by atoms with Gasteiger partial charge in [0.1, 0.15) is 10.8 Å². The summed E-state index contributed by atoms with van der Waals surface area (Å²) in [7, 11) is 1.56. The molecule has 0 spiro atoms. The number of methoxy groups -OCH3 is 1. The van der Waals surface area contributed by atoms with Crippen molar-refractivity contribution in [2.24, 2.45) is 0 Å². The van der Waals surface area contributed by atoms with Crippen molar-refractivity contribution in [2.45, 2.75) is 11.4 Å². The van der Waals surface area contributed by atoms with Gasteiger partial charge < -0.3 is 4.74 Å². The van der Waals surface area contributed by atoms with Gasteiger partial charge in [-0.1, -0.05) is 60.3 Å². The number of hydrogen-bond donors (Lipinski definition) is 2. The molecule has 0 saturated heterocycles. The number of benzene rings is 3. The number of aromatic nitrogens is 1. The van der Waals surface area contributed by atoms with Crippen molar-refractivity contribution >= 4 is 34.5 Å². The molecule has 1 aromatic heterocycles. The molecule has 6 nitrogen and oxygen atoms in total. The average molecular weight is 458 g/mol. The predicted octanol–water partition coefficient (Wildman–Crippen LogP) is 4.39. The zero-order valence-corrected chi connectivity index (χ0v) is 18.9. The number of carbonyl (C=O) groups excluding carboxylic acids is 2. The van der Waals surface area contributed by atoms with Crippen LogP contribution in [0.5, 0.6) is 5.75 Å². The second kappa shape index (κ2) is 10.7. The number of amides is 2. The van der Waals surface area contributed by atoms with E-state index in [4.69, 9.17) is 9.72 Å². The fourth-order valence-electron chi connectivity index (χ4n) is 3.32. The molecule has 0 unspecified atom stereocenters. The highest BCUT2D eigenvalue weighted by atomic mass is 32.2. The molecule has 0 fully saturated rings. The third-order valence-corrected chi connectivity index (χ3v) is 6.04. The quantitative estimate of drug-likeness (QED) is 0.318. The van der Waals surface area contributed by atoms with Crippen LogP contribution < -0.4 is 15.6 Å². The van der Waals surface area contributed by atoms with E-state index in [0.717, 1.165) is 27.9 Å². The number of rotatable bonds is 7. The van der Waals surface area contributed by atoms with Crippen LogP contribution in [0.2, 0.25) is 0 Å². The highest BCUT2D eigenvalue weighted by Gasteiger charge is 2.12. The summed E-state index contributed by atoms with van der Waals surface area (Å²) in [5.74, 6) is 0.0593. The van der Waals surface area contributed by atoms with Crippen LogP contribution in [0.3, 0.4) is 0 Å². The van der Waals surface area contributed by atoms with E-state index >= 15 is 0 Å². The lowest BCUT2D eigenvalue weighted by molar-refractivity contribution is -0.119.